The second-order valence-electron chi connectivity index (χ2n) is 6.37. The third-order valence-electron chi connectivity index (χ3n) is 4.66. The number of rotatable bonds is 3. The van der Waals surface area contributed by atoms with Gasteiger partial charge in [0.25, 0.3) is 0 Å². The molecule has 4 rings (SSSR count). The predicted molar refractivity (Wildman–Crippen MR) is 82.3 cm³/mol. The summed E-state index contributed by atoms with van der Waals surface area (Å²) in [6, 6.07) is 1.93. The van der Waals surface area contributed by atoms with Gasteiger partial charge in [0.05, 0.1) is 19.1 Å². The van der Waals surface area contributed by atoms with E-state index < -0.39 is 0 Å². The van der Waals surface area contributed by atoms with E-state index in [2.05, 4.69) is 14.6 Å². The number of aromatic nitrogens is 4. The minimum absolute atomic E-state index is 0.00173. The van der Waals surface area contributed by atoms with Gasteiger partial charge in [-0.05, 0) is 12.5 Å². The molecule has 0 spiro atoms. The van der Waals surface area contributed by atoms with Gasteiger partial charge < -0.3 is 14.2 Å². The van der Waals surface area contributed by atoms with E-state index in [4.69, 9.17) is 4.74 Å². The van der Waals surface area contributed by atoms with Crippen LogP contribution in [0.1, 0.15) is 12.2 Å². The fraction of sp³-hybridized carbons (Fsp3) is 0.562. The van der Waals surface area contributed by atoms with E-state index in [9.17, 15) is 4.79 Å². The average molecular weight is 315 g/mol. The first-order valence-electron chi connectivity index (χ1n) is 8.13. The molecule has 2 aromatic rings. The Hall–Kier alpha value is -2.15. The summed E-state index contributed by atoms with van der Waals surface area (Å²) >= 11 is 0. The zero-order chi connectivity index (χ0) is 15.6. The van der Waals surface area contributed by atoms with Crippen LogP contribution < -0.4 is 0 Å². The Kier molecular flexibility index (Phi) is 3.87. The number of hydrogen-bond donors (Lipinski definition) is 0. The molecule has 7 nitrogen and oxygen atoms in total. The number of hydrogen-bond acceptors (Lipinski definition) is 4. The lowest BCUT2D eigenvalue weighted by Crippen LogP contribution is -2.39. The van der Waals surface area contributed by atoms with Crippen LogP contribution in [0.4, 0.5) is 0 Å². The standard InChI is InChI=1S/C16H21N5O2/c22-16(14-2-7-23-12-14)20-9-13(10-21-5-1-3-18-21)8-19-6-4-17-15(19)11-20/h1,3-6,13-14H,2,7-12H2. The third kappa shape index (κ3) is 3.01. The average Bonchev–Trinajstić information content (AvgIpc) is 3.28. The molecular formula is C16H21N5O2. The Labute approximate surface area is 134 Å². The van der Waals surface area contributed by atoms with E-state index in [-0.39, 0.29) is 11.8 Å². The van der Waals surface area contributed by atoms with Gasteiger partial charge in [-0.25, -0.2) is 4.98 Å². The van der Waals surface area contributed by atoms with Crippen LogP contribution in [0.2, 0.25) is 0 Å². The van der Waals surface area contributed by atoms with E-state index >= 15 is 0 Å². The van der Waals surface area contributed by atoms with Crippen molar-refractivity contribution in [3.05, 3.63) is 36.7 Å². The number of imidazole rings is 1. The predicted octanol–water partition coefficient (Wildman–Crippen LogP) is 0.775. The maximum absolute atomic E-state index is 12.8. The summed E-state index contributed by atoms with van der Waals surface area (Å²) in [4.78, 5) is 19.2. The first-order chi connectivity index (χ1) is 11.3. The summed E-state index contributed by atoms with van der Waals surface area (Å²) in [6.45, 7) is 4.22. The molecule has 2 aromatic heterocycles. The fourth-order valence-corrected chi connectivity index (χ4v) is 3.48. The summed E-state index contributed by atoms with van der Waals surface area (Å²) in [5.74, 6) is 1.48. The highest BCUT2D eigenvalue weighted by Crippen LogP contribution is 2.22. The molecular weight excluding hydrogens is 294 g/mol. The van der Waals surface area contributed by atoms with Crippen molar-refractivity contribution in [1.82, 2.24) is 24.2 Å². The number of carbonyl (C=O) groups excluding carboxylic acids is 1. The normalized spacial score (nSPS) is 24.4. The zero-order valence-corrected chi connectivity index (χ0v) is 13.0. The van der Waals surface area contributed by atoms with Crippen molar-refractivity contribution in [3.63, 3.8) is 0 Å². The number of carbonyl (C=O) groups is 1. The SMILES string of the molecule is O=C(C1CCOC1)N1Cc2nccn2CC(Cn2cccn2)C1. The minimum atomic E-state index is 0.00173. The summed E-state index contributed by atoms with van der Waals surface area (Å²) in [5, 5.41) is 4.30. The molecule has 0 bridgehead atoms. The van der Waals surface area contributed by atoms with Crippen molar-refractivity contribution in [2.24, 2.45) is 11.8 Å². The molecule has 0 aliphatic carbocycles. The molecule has 0 radical (unpaired) electrons. The third-order valence-corrected chi connectivity index (χ3v) is 4.66. The highest BCUT2D eigenvalue weighted by molar-refractivity contribution is 5.79. The van der Waals surface area contributed by atoms with Gasteiger partial charge in [0, 0.05) is 56.9 Å². The Morgan fingerprint density at radius 2 is 2.26 bits per heavy atom. The molecule has 2 atom stereocenters. The van der Waals surface area contributed by atoms with Gasteiger partial charge in [-0.2, -0.15) is 5.10 Å². The smallest absolute Gasteiger partial charge is 0.228 e. The van der Waals surface area contributed by atoms with Crippen LogP contribution in [-0.2, 0) is 29.2 Å². The van der Waals surface area contributed by atoms with Crippen molar-refractivity contribution in [1.29, 1.82) is 0 Å². The zero-order valence-electron chi connectivity index (χ0n) is 13.0. The van der Waals surface area contributed by atoms with E-state index in [0.717, 1.165) is 31.9 Å². The molecule has 23 heavy (non-hydrogen) atoms. The Morgan fingerprint density at radius 3 is 3.04 bits per heavy atom. The molecule has 7 heteroatoms. The first-order valence-corrected chi connectivity index (χ1v) is 8.13. The highest BCUT2D eigenvalue weighted by Gasteiger charge is 2.32. The second-order valence-corrected chi connectivity index (χ2v) is 6.37. The molecule has 0 saturated carbocycles. The van der Waals surface area contributed by atoms with Gasteiger partial charge in [-0.15, -0.1) is 0 Å². The molecule has 2 aliphatic heterocycles. The molecule has 122 valence electrons. The number of nitrogens with zero attached hydrogens (tertiary/aromatic N) is 5. The van der Waals surface area contributed by atoms with Gasteiger partial charge in [-0.1, -0.05) is 0 Å². The Morgan fingerprint density at radius 1 is 1.30 bits per heavy atom. The van der Waals surface area contributed by atoms with E-state index in [0.29, 0.717) is 25.7 Å². The summed E-state index contributed by atoms with van der Waals surface area (Å²) in [7, 11) is 0. The van der Waals surface area contributed by atoms with Crippen molar-refractivity contribution in [3.8, 4) is 0 Å². The van der Waals surface area contributed by atoms with Gasteiger partial charge in [0.2, 0.25) is 5.91 Å². The van der Waals surface area contributed by atoms with E-state index in [1.807, 2.05) is 34.2 Å². The van der Waals surface area contributed by atoms with Gasteiger partial charge in [0.1, 0.15) is 5.82 Å². The Balaban J connectivity index is 1.55. The highest BCUT2D eigenvalue weighted by atomic mass is 16.5. The largest absolute Gasteiger partial charge is 0.381 e. The lowest BCUT2D eigenvalue weighted by atomic mass is 10.1. The Bertz CT molecular complexity index is 660. The topological polar surface area (TPSA) is 65.2 Å². The minimum Gasteiger partial charge on any atom is -0.381 e. The number of fused-ring (bicyclic) bond motifs is 1. The molecule has 2 unspecified atom stereocenters. The van der Waals surface area contributed by atoms with Gasteiger partial charge in [0.15, 0.2) is 0 Å². The lowest BCUT2D eigenvalue weighted by Gasteiger charge is -2.26. The van der Waals surface area contributed by atoms with Crippen LogP contribution >= 0.6 is 0 Å². The summed E-state index contributed by atoms with van der Waals surface area (Å²) in [6.07, 6.45) is 8.40. The quantitative estimate of drug-likeness (QED) is 0.839. The monoisotopic (exact) mass is 315 g/mol. The van der Waals surface area contributed by atoms with E-state index in [1.165, 1.54) is 0 Å². The molecule has 1 amide bonds. The fourth-order valence-electron chi connectivity index (χ4n) is 3.48. The molecule has 0 aromatic carbocycles. The van der Waals surface area contributed by atoms with Crippen LogP contribution in [0.3, 0.4) is 0 Å². The van der Waals surface area contributed by atoms with Crippen LogP contribution in [0.5, 0.6) is 0 Å². The van der Waals surface area contributed by atoms with Crippen LogP contribution in [-0.4, -0.2) is 49.9 Å². The molecule has 0 N–H and O–H groups in total. The first kappa shape index (κ1) is 14.4. The van der Waals surface area contributed by atoms with Crippen LogP contribution in [0.25, 0.3) is 0 Å². The molecule has 2 aliphatic rings. The summed E-state index contributed by atoms with van der Waals surface area (Å²) < 4.78 is 9.48. The van der Waals surface area contributed by atoms with Crippen LogP contribution in [0.15, 0.2) is 30.9 Å². The number of amides is 1. The molecule has 1 fully saturated rings. The number of ether oxygens (including phenoxy) is 1. The van der Waals surface area contributed by atoms with Gasteiger partial charge in [-0.3, -0.25) is 9.48 Å². The van der Waals surface area contributed by atoms with Crippen molar-refractivity contribution >= 4 is 5.91 Å². The maximum atomic E-state index is 12.8. The van der Waals surface area contributed by atoms with Crippen molar-refractivity contribution in [2.75, 3.05) is 19.8 Å². The summed E-state index contributed by atoms with van der Waals surface area (Å²) in [5.41, 5.74) is 0. The van der Waals surface area contributed by atoms with Gasteiger partial charge >= 0.3 is 0 Å². The molecule has 4 heterocycles. The maximum Gasteiger partial charge on any atom is 0.228 e. The lowest BCUT2D eigenvalue weighted by molar-refractivity contribution is -0.136. The van der Waals surface area contributed by atoms with Crippen molar-refractivity contribution < 1.29 is 9.53 Å². The van der Waals surface area contributed by atoms with Crippen molar-refractivity contribution in [2.45, 2.75) is 26.1 Å². The second kappa shape index (κ2) is 6.16. The van der Waals surface area contributed by atoms with E-state index in [1.54, 1.807) is 6.20 Å². The van der Waals surface area contributed by atoms with Crippen LogP contribution in [0, 0.1) is 11.8 Å². The molecule has 1 saturated heterocycles.